The molecule has 10 heteroatoms. The summed E-state index contributed by atoms with van der Waals surface area (Å²) in [5, 5.41) is 39.9. The highest BCUT2D eigenvalue weighted by molar-refractivity contribution is 7.99. The van der Waals surface area contributed by atoms with Crippen molar-refractivity contribution in [2.45, 2.75) is 40.4 Å². The van der Waals surface area contributed by atoms with Gasteiger partial charge in [-0.1, -0.05) is 42.1 Å². The first-order valence-electron chi connectivity index (χ1n) is 10.8. The molecule has 4 N–H and O–H groups in total. The van der Waals surface area contributed by atoms with Crippen molar-refractivity contribution in [2.75, 3.05) is 26.2 Å². The van der Waals surface area contributed by atoms with Crippen molar-refractivity contribution in [3.63, 3.8) is 0 Å². The number of carbonyl (C=O) groups is 1. The van der Waals surface area contributed by atoms with E-state index in [9.17, 15) is 25.2 Å². The normalized spacial score (nSPS) is 30.1. The van der Waals surface area contributed by atoms with Crippen LogP contribution < -0.4 is 0 Å². The fraction of sp³-hybridized carbons (Fsp3) is 0.391. The number of aliphatic hydroxyl groups excluding tert-OH is 3. The van der Waals surface area contributed by atoms with Gasteiger partial charge in [0.05, 0.1) is 5.69 Å². The van der Waals surface area contributed by atoms with Crippen molar-refractivity contribution < 1.29 is 30.0 Å². The second kappa shape index (κ2) is 9.05. The molecule has 3 aliphatic heterocycles. The van der Waals surface area contributed by atoms with Gasteiger partial charge in [-0.05, 0) is 18.2 Å². The van der Waals surface area contributed by atoms with E-state index in [-0.39, 0.29) is 0 Å². The number of benzene rings is 2. The standard InChI is InChI=1S/C23H25N3O6S/c27-17-18(28)20(23(30)31)32-22(19(17)29)26-11-9-25(10-12-26)21-13-5-1-3-7-15(13)33-16-8-4-2-6-14(16)24-21/h1-8,17-20,22,27-29H,9-12H2,(H,30,31)/t17-,18-,19+,20-,22+/m0/s1. The summed E-state index contributed by atoms with van der Waals surface area (Å²) in [4.78, 5) is 22.6. The topological polar surface area (TPSA) is 126 Å². The van der Waals surface area contributed by atoms with Gasteiger partial charge in [-0.3, -0.25) is 4.90 Å². The summed E-state index contributed by atoms with van der Waals surface area (Å²) in [6.45, 7) is 2.08. The summed E-state index contributed by atoms with van der Waals surface area (Å²) in [6.07, 6.45) is -7.33. The van der Waals surface area contributed by atoms with E-state index < -0.39 is 36.6 Å². The molecule has 33 heavy (non-hydrogen) atoms. The summed E-state index contributed by atoms with van der Waals surface area (Å²) in [7, 11) is 0. The molecule has 5 rings (SSSR count). The highest BCUT2D eigenvalue weighted by atomic mass is 32.2. The SMILES string of the molecule is O=C(O)[C@H]1O[C@@H](N2CCN(C3=Nc4ccccc4Sc4ccccc43)CC2)[C@H](O)[C@@H](O)[C@@H]1O. The maximum Gasteiger partial charge on any atom is 0.335 e. The lowest BCUT2D eigenvalue weighted by atomic mass is 9.97. The summed E-state index contributed by atoms with van der Waals surface area (Å²) < 4.78 is 5.50. The molecule has 9 nitrogen and oxygen atoms in total. The van der Waals surface area contributed by atoms with E-state index >= 15 is 0 Å². The van der Waals surface area contributed by atoms with Crippen LogP contribution in [-0.2, 0) is 9.53 Å². The largest absolute Gasteiger partial charge is 0.479 e. The Morgan fingerprint density at radius 2 is 1.58 bits per heavy atom. The van der Waals surface area contributed by atoms with Crippen molar-refractivity contribution >= 4 is 29.3 Å². The predicted molar refractivity (Wildman–Crippen MR) is 121 cm³/mol. The van der Waals surface area contributed by atoms with E-state index in [1.807, 2.05) is 30.3 Å². The Hall–Kier alpha value is -2.47. The molecule has 0 aromatic heterocycles. The van der Waals surface area contributed by atoms with Crippen LogP contribution in [0.4, 0.5) is 5.69 Å². The number of nitrogens with zero attached hydrogens (tertiary/aromatic N) is 3. The van der Waals surface area contributed by atoms with Crippen molar-refractivity contribution in [3.8, 4) is 0 Å². The molecule has 5 atom stereocenters. The van der Waals surface area contributed by atoms with Crippen molar-refractivity contribution in [3.05, 3.63) is 54.1 Å². The van der Waals surface area contributed by atoms with E-state index in [0.29, 0.717) is 26.2 Å². The van der Waals surface area contributed by atoms with Gasteiger partial charge in [0.15, 0.2) is 6.10 Å². The van der Waals surface area contributed by atoms with Gasteiger partial charge in [-0.15, -0.1) is 0 Å². The third-order valence-corrected chi connectivity index (χ3v) is 7.39. The van der Waals surface area contributed by atoms with Crippen LogP contribution in [0.5, 0.6) is 0 Å². The number of hydrogen-bond acceptors (Lipinski definition) is 9. The van der Waals surface area contributed by atoms with Crippen molar-refractivity contribution in [2.24, 2.45) is 4.99 Å². The second-order valence-electron chi connectivity index (χ2n) is 8.28. The second-order valence-corrected chi connectivity index (χ2v) is 9.37. The number of piperazine rings is 1. The number of ether oxygens (including phenoxy) is 1. The number of aliphatic hydroxyl groups is 3. The van der Waals surface area contributed by atoms with E-state index in [1.165, 1.54) is 0 Å². The van der Waals surface area contributed by atoms with E-state index in [4.69, 9.17) is 9.73 Å². The van der Waals surface area contributed by atoms with E-state index in [2.05, 4.69) is 23.1 Å². The Morgan fingerprint density at radius 3 is 2.30 bits per heavy atom. The number of para-hydroxylation sites is 1. The lowest BCUT2D eigenvalue weighted by molar-refractivity contribution is -0.261. The molecule has 2 saturated heterocycles. The predicted octanol–water partition coefficient (Wildman–Crippen LogP) is 0.739. The fourth-order valence-corrected chi connectivity index (χ4v) is 5.48. The highest BCUT2D eigenvalue weighted by Gasteiger charge is 2.49. The Bertz CT molecular complexity index is 1070. The van der Waals surface area contributed by atoms with Crippen LogP contribution in [0.2, 0.25) is 0 Å². The summed E-state index contributed by atoms with van der Waals surface area (Å²) in [5.74, 6) is -0.510. The number of hydrogen-bond donors (Lipinski definition) is 4. The van der Waals surface area contributed by atoms with E-state index in [1.54, 1.807) is 16.7 Å². The minimum Gasteiger partial charge on any atom is -0.479 e. The number of aliphatic imine (C=N–C) groups is 1. The van der Waals surface area contributed by atoms with Crippen LogP contribution in [-0.4, -0.2) is 98.9 Å². The van der Waals surface area contributed by atoms with Gasteiger partial charge in [0.1, 0.15) is 30.4 Å². The molecule has 174 valence electrons. The number of carboxylic acid groups (broad SMARTS) is 1. The summed E-state index contributed by atoms with van der Waals surface area (Å²) in [6, 6.07) is 16.2. The van der Waals surface area contributed by atoms with Crippen LogP contribution in [0, 0.1) is 0 Å². The summed E-state index contributed by atoms with van der Waals surface area (Å²) in [5.41, 5.74) is 1.95. The van der Waals surface area contributed by atoms with Gasteiger partial charge in [0.25, 0.3) is 0 Å². The molecule has 2 fully saturated rings. The Balaban J connectivity index is 1.37. The number of aliphatic carboxylic acids is 1. The molecule has 3 heterocycles. The fourth-order valence-electron chi connectivity index (χ4n) is 4.47. The summed E-state index contributed by atoms with van der Waals surface area (Å²) >= 11 is 1.69. The van der Waals surface area contributed by atoms with Gasteiger partial charge in [0, 0.05) is 41.5 Å². The maximum atomic E-state index is 11.4. The molecular weight excluding hydrogens is 446 g/mol. The Kier molecular flexibility index (Phi) is 6.12. The molecule has 0 bridgehead atoms. The molecule has 0 aliphatic carbocycles. The molecule has 0 unspecified atom stereocenters. The molecule has 0 radical (unpaired) electrons. The van der Waals surface area contributed by atoms with Crippen LogP contribution in [0.25, 0.3) is 0 Å². The Morgan fingerprint density at radius 1 is 0.909 bits per heavy atom. The Labute approximate surface area is 194 Å². The van der Waals surface area contributed by atoms with Crippen LogP contribution in [0.15, 0.2) is 63.3 Å². The average molecular weight is 472 g/mol. The first kappa shape index (κ1) is 22.3. The number of amidine groups is 1. The minimum atomic E-state index is -1.69. The molecule has 2 aromatic rings. The smallest absolute Gasteiger partial charge is 0.335 e. The third-order valence-electron chi connectivity index (χ3n) is 6.24. The van der Waals surface area contributed by atoms with Gasteiger partial charge in [-0.2, -0.15) is 0 Å². The monoisotopic (exact) mass is 471 g/mol. The lowest BCUT2D eigenvalue weighted by Gasteiger charge is -2.46. The first-order chi connectivity index (χ1) is 15.9. The molecular formula is C23H25N3O6S. The number of carboxylic acids is 1. The van der Waals surface area contributed by atoms with Gasteiger partial charge >= 0.3 is 5.97 Å². The maximum absolute atomic E-state index is 11.4. The number of rotatable bonds is 2. The zero-order valence-electron chi connectivity index (χ0n) is 17.7. The van der Waals surface area contributed by atoms with Crippen LogP contribution in [0.1, 0.15) is 5.56 Å². The molecule has 3 aliphatic rings. The molecule has 0 spiro atoms. The van der Waals surface area contributed by atoms with Gasteiger partial charge < -0.3 is 30.1 Å². The molecule has 0 saturated carbocycles. The van der Waals surface area contributed by atoms with Crippen molar-refractivity contribution in [1.82, 2.24) is 9.80 Å². The van der Waals surface area contributed by atoms with Crippen LogP contribution >= 0.6 is 11.8 Å². The average Bonchev–Trinajstić information content (AvgIpc) is 2.99. The number of fused-ring (bicyclic) bond motifs is 2. The zero-order chi connectivity index (χ0) is 23.1. The molecule has 0 amide bonds. The molecule has 2 aromatic carbocycles. The van der Waals surface area contributed by atoms with Crippen LogP contribution in [0.3, 0.4) is 0 Å². The van der Waals surface area contributed by atoms with E-state index in [0.717, 1.165) is 26.9 Å². The zero-order valence-corrected chi connectivity index (χ0v) is 18.5. The highest BCUT2D eigenvalue weighted by Crippen LogP contribution is 2.40. The first-order valence-corrected chi connectivity index (χ1v) is 11.6. The lowest BCUT2D eigenvalue weighted by Crippen LogP contribution is -2.66. The van der Waals surface area contributed by atoms with Gasteiger partial charge in [-0.25, -0.2) is 9.79 Å². The van der Waals surface area contributed by atoms with Gasteiger partial charge in [0.2, 0.25) is 0 Å². The quantitative estimate of drug-likeness (QED) is 0.502. The van der Waals surface area contributed by atoms with Crippen molar-refractivity contribution in [1.29, 1.82) is 0 Å². The third kappa shape index (κ3) is 4.14. The minimum absolute atomic E-state index is 0.465.